The Hall–Kier alpha value is -1.32. The van der Waals surface area contributed by atoms with Crippen molar-refractivity contribution in [1.82, 2.24) is 5.32 Å². The van der Waals surface area contributed by atoms with Crippen LogP contribution < -0.4 is 5.32 Å². The average Bonchev–Trinajstić information content (AvgIpc) is 2.93. The first-order chi connectivity index (χ1) is 10.3. The van der Waals surface area contributed by atoms with Gasteiger partial charge in [-0.1, -0.05) is 38.0 Å². The second-order valence-electron chi connectivity index (χ2n) is 6.16. The second-order valence-corrected chi connectivity index (χ2v) is 6.16. The van der Waals surface area contributed by atoms with E-state index in [0.29, 0.717) is 18.6 Å². The van der Waals surface area contributed by atoms with Crippen LogP contribution in [0.3, 0.4) is 0 Å². The van der Waals surface area contributed by atoms with E-state index in [4.69, 9.17) is 9.15 Å². The second kappa shape index (κ2) is 6.63. The van der Waals surface area contributed by atoms with Crippen LogP contribution in [-0.4, -0.2) is 19.8 Å². The molecular weight excluding hydrogens is 262 g/mol. The lowest BCUT2D eigenvalue weighted by Gasteiger charge is -2.30. The molecule has 114 valence electrons. The van der Waals surface area contributed by atoms with Crippen LogP contribution in [0.2, 0.25) is 0 Å². The predicted molar refractivity (Wildman–Crippen MR) is 85.4 cm³/mol. The summed E-state index contributed by atoms with van der Waals surface area (Å²) in [5.41, 5.74) is 0.943. The summed E-state index contributed by atoms with van der Waals surface area (Å²) in [5.74, 6) is 1.63. The fourth-order valence-electron chi connectivity index (χ4n) is 3.23. The normalized spacial score (nSPS) is 24.3. The molecule has 1 aliphatic rings. The molecule has 1 heterocycles. The third-order valence-electron chi connectivity index (χ3n) is 4.65. The summed E-state index contributed by atoms with van der Waals surface area (Å²) in [6, 6.07) is 10.4. The molecule has 3 atom stereocenters. The van der Waals surface area contributed by atoms with Crippen LogP contribution in [0.5, 0.6) is 0 Å². The molecule has 21 heavy (non-hydrogen) atoms. The molecule has 0 saturated heterocycles. The molecule has 1 aromatic heterocycles. The molecule has 2 aromatic rings. The van der Waals surface area contributed by atoms with Crippen molar-refractivity contribution in [2.75, 3.05) is 13.7 Å². The Labute approximate surface area is 126 Å². The van der Waals surface area contributed by atoms with Crippen molar-refractivity contribution in [3.8, 4) is 0 Å². The number of para-hydroxylation sites is 1. The average molecular weight is 287 g/mol. The first-order valence-electron chi connectivity index (χ1n) is 8.05. The van der Waals surface area contributed by atoms with E-state index in [9.17, 15) is 0 Å². The standard InChI is InChI=1S/C18H25NO2/c1-13-7-3-5-9-16(13)20-12-15(19-2)18-11-14-8-4-6-10-17(14)21-18/h4,6,8,10-11,13,15-16,19H,3,5,7,9,12H2,1-2H3. The Morgan fingerprint density at radius 2 is 2.10 bits per heavy atom. The van der Waals surface area contributed by atoms with E-state index in [1.165, 1.54) is 25.7 Å². The number of fused-ring (bicyclic) bond motifs is 1. The maximum absolute atomic E-state index is 6.18. The van der Waals surface area contributed by atoms with Gasteiger partial charge in [0.1, 0.15) is 11.3 Å². The van der Waals surface area contributed by atoms with Crippen molar-refractivity contribution in [1.29, 1.82) is 0 Å². The van der Waals surface area contributed by atoms with E-state index in [1.54, 1.807) is 0 Å². The highest BCUT2D eigenvalue weighted by atomic mass is 16.5. The molecule has 3 unspecified atom stereocenters. The van der Waals surface area contributed by atoms with Gasteiger partial charge in [-0.3, -0.25) is 0 Å². The number of benzene rings is 1. The van der Waals surface area contributed by atoms with Gasteiger partial charge >= 0.3 is 0 Å². The van der Waals surface area contributed by atoms with E-state index in [1.807, 2.05) is 25.2 Å². The van der Waals surface area contributed by atoms with Crippen LogP contribution >= 0.6 is 0 Å². The molecule has 3 nitrogen and oxygen atoms in total. The topological polar surface area (TPSA) is 34.4 Å². The number of likely N-dealkylation sites (N-methyl/N-ethyl adjacent to an activating group) is 1. The summed E-state index contributed by atoms with van der Waals surface area (Å²) < 4.78 is 12.1. The molecule has 0 radical (unpaired) electrons. The smallest absolute Gasteiger partial charge is 0.134 e. The van der Waals surface area contributed by atoms with Gasteiger partial charge in [0.2, 0.25) is 0 Å². The van der Waals surface area contributed by atoms with Crippen molar-refractivity contribution in [3.05, 3.63) is 36.1 Å². The van der Waals surface area contributed by atoms with Crippen molar-refractivity contribution < 1.29 is 9.15 Å². The van der Waals surface area contributed by atoms with Gasteiger partial charge in [-0.2, -0.15) is 0 Å². The van der Waals surface area contributed by atoms with Crippen LogP contribution in [0.1, 0.15) is 44.4 Å². The summed E-state index contributed by atoms with van der Waals surface area (Å²) in [6.45, 7) is 2.98. The molecule has 1 aliphatic carbocycles. The van der Waals surface area contributed by atoms with Gasteiger partial charge in [0.05, 0.1) is 18.8 Å². The Bertz CT molecular complexity index is 544. The Morgan fingerprint density at radius 1 is 1.29 bits per heavy atom. The van der Waals surface area contributed by atoms with Gasteiger partial charge in [0, 0.05) is 5.39 Å². The van der Waals surface area contributed by atoms with E-state index in [-0.39, 0.29) is 6.04 Å². The zero-order valence-electron chi connectivity index (χ0n) is 13.0. The Kier molecular flexibility index (Phi) is 4.61. The van der Waals surface area contributed by atoms with Gasteiger partial charge in [0.25, 0.3) is 0 Å². The van der Waals surface area contributed by atoms with Crippen molar-refractivity contribution in [3.63, 3.8) is 0 Å². The van der Waals surface area contributed by atoms with Crippen LogP contribution in [-0.2, 0) is 4.74 Å². The van der Waals surface area contributed by atoms with Crippen LogP contribution in [0.25, 0.3) is 11.0 Å². The summed E-state index contributed by atoms with van der Waals surface area (Å²) in [5, 5.41) is 4.47. The largest absolute Gasteiger partial charge is 0.459 e. The molecule has 3 heteroatoms. The quantitative estimate of drug-likeness (QED) is 0.891. The lowest BCUT2D eigenvalue weighted by molar-refractivity contribution is -0.0165. The lowest BCUT2D eigenvalue weighted by Crippen LogP contribution is -2.30. The SMILES string of the molecule is CNC(COC1CCCCC1C)c1cc2ccccc2o1. The van der Waals surface area contributed by atoms with Gasteiger partial charge in [-0.25, -0.2) is 0 Å². The fourth-order valence-corrected chi connectivity index (χ4v) is 3.23. The lowest BCUT2D eigenvalue weighted by atomic mass is 9.88. The van der Waals surface area contributed by atoms with E-state index in [0.717, 1.165) is 16.7 Å². The van der Waals surface area contributed by atoms with Gasteiger partial charge in [-0.05, 0) is 37.9 Å². The molecule has 0 spiro atoms. The maximum atomic E-state index is 6.18. The number of furan rings is 1. The minimum Gasteiger partial charge on any atom is -0.459 e. The van der Waals surface area contributed by atoms with E-state index in [2.05, 4.69) is 24.4 Å². The molecule has 0 aliphatic heterocycles. The molecule has 0 amide bonds. The number of ether oxygens (including phenoxy) is 1. The first kappa shape index (κ1) is 14.6. The summed E-state index contributed by atoms with van der Waals surface area (Å²) >= 11 is 0. The van der Waals surface area contributed by atoms with Crippen LogP contribution in [0.15, 0.2) is 34.7 Å². The predicted octanol–water partition coefficient (Wildman–Crippen LogP) is 4.29. The number of rotatable bonds is 5. The zero-order chi connectivity index (χ0) is 14.7. The minimum absolute atomic E-state index is 0.117. The van der Waals surface area contributed by atoms with Gasteiger partial charge in [-0.15, -0.1) is 0 Å². The molecule has 1 aromatic carbocycles. The Balaban J connectivity index is 1.66. The van der Waals surface area contributed by atoms with Crippen molar-refractivity contribution >= 4 is 11.0 Å². The highest BCUT2D eigenvalue weighted by Gasteiger charge is 2.24. The monoisotopic (exact) mass is 287 g/mol. The number of nitrogens with one attached hydrogen (secondary N) is 1. The number of hydrogen-bond acceptors (Lipinski definition) is 3. The maximum Gasteiger partial charge on any atom is 0.134 e. The molecule has 1 saturated carbocycles. The summed E-state index contributed by atoms with van der Waals surface area (Å²) in [7, 11) is 1.96. The van der Waals surface area contributed by atoms with E-state index < -0.39 is 0 Å². The first-order valence-corrected chi connectivity index (χ1v) is 8.05. The molecule has 1 N–H and O–H groups in total. The molecule has 3 rings (SSSR count). The van der Waals surface area contributed by atoms with Gasteiger partial charge in [0.15, 0.2) is 0 Å². The van der Waals surface area contributed by atoms with E-state index >= 15 is 0 Å². The molecule has 1 fully saturated rings. The number of hydrogen-bond donors (Lipinski definition) is 1. The third kappa shape index (κ3) is 3.30. The van der Waals surface area contributed by atoms with Crippen molar-refractivity contribution in [2.24, 2.45) is 5.92 Å². The molecule has 0 bridgehead atoms. The molecular formula is C18H25NO2. The van der Waals surface area contributed by atoms with Crippen LogP contribution in [0, 0.1) is 5.92 Å². The highest BCUT2D eigenvalue weighted by molar-refractivity contribution is 5.77. The fraction of sp³-hybridized carbons (Fsp3) is 0.556. The summed E-state index contributed by atoms with van der Waals surface area (Å²) in [4.78, 5) is 0. The van der Waals surface area contributed by atoms with Crippen LogP contribution in [0.4, 0.5) is 0 Å². The summed E-state index contributed by atoms with van der Waals surface area (Å²) in [6.07, 6.45) is 5.53. The van der Waals surface area contributed by atoms with Crippen molar-refractivity contribution in [2.45, 2.75) is 44.8 Å². The Morgan fingerprint density at radius 3 is 2.86 bits per heavy atom. The van der Waals surface area contributed by atoms with Gasteiger partial charge < -0.3 is 14.5 Å². The third-order valence-corrected chi connectivity index (χ3v) is 4.65. The minimum atomic E-state index is 0.117. The zero-order valence-corrected chi connectivity index (χ0v) is 13.0. The highest BCUT2D eigenvalue weighted by Crippen LogP contribution is 2.28.